The van der Waals surface area contributed by atoms with Gasteiger partial charge in [-0.2, -0.15) is 0 Å². The van der Waals surface area contributed by atoms with Crippen LogP contribution >= 0.6 is 0 Å². The molecule has 0 fully saturated rings. The highest BCUT2D eigenvalue weighted by Gasteiger charge is 2.44. The van der Waals surface area contributed by atoms with Crippen molar-refractivity contribution in [1.29, 1.82) is 0 Å². The highest BCUT2D eigenvalue weighted by atomic mass is 16.5. The molecule has 1 unspecified atom stereocenters. The average molecular weight is 399 g/mol. The summed E-state index contributed by atoms with van der Waals surface area (Å²) in [5.41, 5.74) is 3.63. The molecule has 1 N–H and O–H groups in total. The third-order valence-electron chi connectivity index (χ3n) is 5.39. The second kappa shape index (κ2) is 8.07. The van der Waals surface area contributed by atoms with Gasteiger partial charge in [-0.25, -0.2) is 0 Å². The number of fused-ring (bicyclic) bond motifs is 1. The van der Waals surface area contributed by atoms with Gasteiger partial charge in [0.15, 0.2) is 0 Å². The molecule has 0 bridgehead atoms. The predicted molar refractivity (Wildman–Crippen MR) is 120 cm³/mol. The van der Waals surface area contributed by atoms with Crippen molar-refractivity contribution in [2.75, 3.05) is 11.9 Å². The first-order valence-corrected chi connectivity index (χ1v) is 10.1. The summed E-state index contributed by atoms with van der Waals surface area (Å²) < 4.78 is 6.06. The van der Waals surface area contributed by atoms with Crippen molar-refractivity contribution < 1.29 is 9.53 Å². The largest absolute Gasteiger partial charge is 0.489 e. The summed E-state index contributed by atoms with van der Waals surface area (Å²) in [6.45, 7) is 8.81. The van der Waals surface area contributed by atoms with E-state index >= 15 is 0 Å². The van der Waals surface area contributed by atoms with Gasteiger partial charge in [0.1, 0.15) is 18.0 Å². The van der Waals surface area contributed by atoms with Gasteiger partial charge in [0.05, 0.1) is 5.56 Å². The second-order valence-corrected chi connectivity index (χ2v) is 7.86. The number of nitrogens with one attached hydrogen (secondary N) is 1. The van der Waals surface area contributed by atoms with Gasteiger partial charge >= 0.3 is 0 Å². The first kappa shape index (κ1) is 19.8. The molecule has 0 saturated carbocycles. The summed E-state index contributed by atoms with van der Waals surface area (Å²) in [7, 11) is 0. The van der Waals surface area contributed by atoms with E-state index in [0.29, 0.717) is 18.7 Å². The molecule has 3 aromatic rings. The Bertz CT molecular complexity index is 1080. The first-order valence-electron chi connectivity index (χ1n) is 10.1. The Morgan fingerprint density at radius 2 is 1.67 bits per heavy atom. The summed E-state index contributed by atoms with van der Waals surface area (Å²) in [6.07, 6.45) is 0. The second-order valence-electron chi connectivity index (χ2n) is 7.86. The van der Waals surface area contributed by atoms with Crippen LogP contribution in [-0.4, -0.2) is 17.4 Å². The number of benzene rings is 3. The fourth-order valence-electron chi connectivity index (χ4n) is 3.86. The fourth-order valence-corrected chi connectivity index (χ4v) is 3.86. The Balaban J connectivity index is 1.82. The maximum absolute atomic E-state index is 13.6. The van der Waals surface area contributed by atoms with E-state index in [0.717, 1.165) is 28.1 Å². The van der Waals surface area contributed by atoms with Gasteiger partial charge in [0.2, 0.25) is 0 Å². The lowest BCUT2D eigenvalue weighted by Gasteiger charge is -2.47. The molecule has 30 heavy (non-hydrogen) atoms. The van der Waals surface area contributed by atoms with Gasteiger partial charge in [-0.15, -0.1) is 0 Å². The molecule has 3 aromatic carbocycles. The van der Waals surface area contributed by atoms with Gasteiger partial charge in [0.25, 0.3) is 5.91 Å². The first-order chi connectivity index (χ1) is 14.5. The number of amides is 1. The molecule has 0 spiro atoms. The van der Waals surface area contributed by atoms with E-state index in [-0.39, 0.29) is 5.91 Å². The van der Waals surface area contributed by atoms with Gasteiger partial charge in [-0.3, -0.25) is 4.79 Å². The molecule has 1 heterocycles. The number of nitrogens with zero attached hydrogens (tertiary/aromatic N) is 1. The van der Waals surface area contributed by atoms with Crippen molar-refractivity contribution in [1.82, 2.24) is 4.90 Å². The molecule has 4 heteroatoms. The van der Waals surface area contributed by atoms with Gasteiger partial charge in [-0.1, -0.05) is 67.2 Å². The van der Waals surface area contributed by atoms with E-state index in [4.69, 9.17) is 4.74 Å². The topological polar surface area (TPSA) is 41.6 Å². The Hall–Kier alpha value is -3.53. The van der Waals surface area contributed by atoms with Crippen LogP contribution in [0.15, 0.2) is 91.0 Å². The summed E-state index contributed by atoms with van der Waals surface area (Å²) >= 11 is 0. The lowest BCUT2D eigenvalue weighted by Crippen LogP contribution is -2.55. The zero-order chi connectivity index (χ0) is 21.1. The summed E-state index contributed by atoms with van der Waals surface area (Å²) in [5.74, 6) is 0.728. The van der Waals surface area contributed by atoms with Crippen LogP contribution in [0.5, 0.6) is 5.75 Å². The zero-order valence-electron chi connectivity index (χ0n) is 17.4. The lowest BCUT2D eigenvalue weighted by atomic mass is 9.92. The Labute approximate surface area is 177 Å². The molecule has 1 atom stereocenters. The van der Waals surface area contributed by atoms with E-state index < -0.39 is 5.66 Å². The average Bonchev–Trinajstić information content (AvgIpc) is 2.76. The van der Waals surface area contributed by atoms with Gasteiger partial charge in [0, 0.05) is 17.8 Å². The van der Waals surface area contributed by atoms with Crippen LogP contribution < -0.4 is 10.1 Å². The van der Waals surface area contributed by atoms with Crippen molar-refractivity contribution in [3.8, 4) is 5.75 Å². The Morgan fingerprint density at radius 1 is 1.00 bits per heavy atom. The Kier molecular flexibility index (Phi) is 5.32. The maximum Gasteiger partial charge on any atom is 0.258 e. The number of hydrogen-bond donors (Lipinski definition) is 1. The number of rotatable bonds is 6. The normalized spacial score (nSPS) is 17.8. The van der Waals surface area contributed by atoms with Crippen LogP contribution in [0.2, 0.25) is 0 Å². The summed E-state index contributed by atoms with van der Waals surface area (Å²) in [6, 6.07) is 25.6. The van der Waals surface area contributed by atoms with E-state index in [1.54, 1.807) is 0 Å². The van der Waals surface area contributed by atoms with Crippen LogP contribution in [0.4, 0.5) is 5.69 Å². The molecule has 0 aliphatic carbocycles. The minimum absolute atomic E-state index is 0.00888. The predicted octanol–water partition coefficient (Wildman–Crippen LogP) is 5.58. The van der Waals surface area contributed by atoms with Crippen molar-refractivity contribution in [2.45, 2.75) is 26.1 Å². The van der Waals surface area contributed by atoms with Gasteiger partial charge < -0.3 is 15.0 Å². The monoisotopic (exact) mass is 398 g/mol. The van der Waals surface area contributed by atoms with Crippen LogP contribution in [0.25, 0.3) is 0 Å². The molecular formula is C26H26N2O2. The summed E-state index contributed by atoms with van der Waals surface area (Å²) in [4.78, 5) is 15.5. The van der Waals surface area contributed by atoms with E-state index in [1.807, 2.05) is 97.6 Å². The zero-order valence-corrected chi connectivity index (χ0v) is 17.4. The lowest BCUT2D eigenvalue weighted by molar-refractivity contribution is 0.0503. The number of carbonyl (C=O) groups excluding carboxylic acids is 1. The smallest absolute Gasteiger partial charge is 0.258 e. The third-order valence-corrected chi connectivity index (χ3v) is 5.39. The van der Waals surface area contributed by atoms with Crippen LogP contribution in [0.1, 0.15) is 35.3 Å². The van der Waals surface area contributed by atoms with E-state index in [9.17, 15) is 4.79 Å². The number of hydrogen-bond acceptors (Lipinski definition) is 3. The molecule has 4 rings (SSSR count). The van der Waals surface area contributed by atoms with Crippen molar-refractivity contribution in [3.63, 3.8) is 0 Å². The molecular weight excluding hydrogens is 372 g/mol. The number of anilines is 1. The molecule has 4 nitrogen and oxygen atoms in total. The molecule has 1 aliphatic rings. The highest BCUT2D eigenvalue weighted by molar-refractivity contribution is 6.02. The summed E-state index contributed by atoms with van der Waals surface area (Å²) in [5, 5.41) is 3.62. The number of ether oxygens (including phenoxy) is 1. The minimum atomic E-state index is -0.785. The SMILES string of the molecule is C=C(C)COc1ccccc1C1(C)Nc2ccccc2C(=O)N1Cc1ccccc1. The molecule has 1 amide bonds. The van der Waals surface area contributed by atoms with Crippen molar-refractivity contribution in [3.05, 3.63) is 108 Å². The number of para-hydroxylation sites is 2. The third kappa shape index (κ3) is 3.69. The number of carbonyl (C=O) groups is 1. The quantitative estimate of drug-likeness (QED) is 0.551. The van der Waals surface area contributed by atoms with Crippen LogP contribution in [0.3, 0.4) is 0 Å². The van der Waals surface area contributed by atoms with E-state index in [1.165, 1.54) is 0 Å². The molecule has 0 radical (unpaired) electrons. The maximum atomic E-state index is 13.6. The Morgan fingerprint density at radius 3 is 2.43 bits per heavy atom. The molecule has 0 saturated heterocycles. The standard InChI is InChI=1S/C26H26N2O2/c1-19(2)18-30-24-16-10-8-14-22(24)26(3)27-23-15-9-7-13-21(23)25(29)28(26)17-20-11-5-4-6-12-20/h4-16,27H,1,17-18H2,2-3H3. The van der Waals surface area contributed by atoms with Gasteiger partial charge in [-0.05, 0) is 43.2 Å². The molecule has 0 aromatic heterocycles. The molecule has 152 valence electrons. The fraction of sp³-hybridized carbons (Fsp3) is 0.192. The highest BCUT2D eigenvalue weighted by Crippen LogP contribution is 2.42. The van der Waals surface area contributed by atoms with Crippen molar-refractivity contribution >= 4 is 11.6 Å². The van der Waals surface area contributed by atoms with Crippen LogP contribution in [0, 0.1) is 0 Å². The van der Waals surface area contributed by atoms with Crippen LogP contribution in [-0.2, 0) is 12.2 Å². The van der Waals surface area contributed by atoms with E-state index in [2.05, 4.69) is 11.9 Å². The minimum Gasteiger partial charge on any atom is -0.489 e. The molecule has 1 aliphatic heterocycles. The van der Waals surface area contributed by atoms with Crippen molar-refractivity contribution in [2.24, 2.45) is 0 Å².